The molecule has 0 radical (unpaired) electrons. The molecule has 1 heterocycles. The van der Waals surface area contributed by atoms with Crippen molar-refractivity contribution >= 4 is 19.2 Å². The fourth-order valence-corrected chi connectivity index (χ4v) is 3.62. The molecule has 0 saturated carbocycles. The standard InChI is InChI=1S/C19H22F2NO5PS/c1-19(22,13-27-28(23,24)25)8-7-18-6-5-17(29-18)4-2-3-9-26-16-11-14(20)10-15(21)12-16/h5-6,10-12H,3,7-9,13,22H2,1H3,(H2,23,24,25). The molecule has 0 amide bonds. The highest BCUT2D eigenvalue weighted by atomic mass is 32.1. The van der Waals surface area contributed by atoms with Gasteiger partial charge in [-0.05, 0) is 31.9 Å². The molecule has 0 aliphatic carbocycles. The van der Waals surface area contributed by atoms with E-state index in [0.717, 1.165) is 28.0 Å². The van der Waals surface area contributed by atoms with Crippen molar-refractivity contribution in [1.82, 2.24) is 0 Å². The molecule has 0 fully saturated rings. The van der Waals surface area contributed by atoms with Gasteiger partial charge in [-0.2, -0.15) is 0 Å². The zero-order valence-electron chi connectivity index (χ0n) is 15.7. The van der Waals surface area contributed by atoms with E-state index in [2.05, 4.69) is 16.4 Å². The molecule has 0 aliphatic rings. The zero-order valence-corrected chi connectivity index (χ0v) is 17.4. The van der Waals surface area contributed by atoms with Crippen LogP contribution < -0.4 is 10.5 Å². The summed E-state index contributed by atoms with van der Waals surface area (Å²) in [7, 11) is -4.54. The first-order valence-corrected chi connectivity index (χ1v) is 11.0. The first-order valence-electron chi connectivity index (χ1n) is 8.68. The van der Waals surface area contributed by atoms with E-state index in [4.69, 9.17) is 20.3 Å². The minimum Gasteiger partial charge on any atom is -0.492 e. The number of aryl methyl sites for hydroxylation is 1. The molecule has 0 bridgehead atoms. The quantitative estimate of drug-likeness (QED) is 0.310. The summed E-state index contributed by atoms with van der Waals surface area (Å²) in [5.41, 5.74) is 5.14. The second-order valence-corrected chi connectivity index (χ2v) is 9.10. The molecule has 0 spiro atoms. The summed E-state index contributed by atoms with van der Waals surface area (Å²) in [5.74, 6) is 4.67. The van der Waals surface area contributed by atoms with Gasteiger partial charge in [0, 0.05) is 35.0 Å². The van der Waals surface area contributed by atoms with Crippen LogP contribution in [0.2, 0.25) is 0 Å². The number of phosphoric ester groups is 1. The van der Waals surface area contributed by atoms with Crippen LogP contribution in [0, 0.1) is 23.5 Å². The van der Waals surface area contributed by atoms with Crippen LogP contribution in [-0.2, 0) is 15.5 Å². The summed E-state index contributed by atoms with van der Waals surface area (Å²) in [6.45, 7) is 1.63. The van der Waals surface area contributed by atoms with E-state index in [0.29, 0.717) is 19.3 Å². The van der Waals surface area contributed by atoms with Crippen molar-refractivity contribution in [2.45, 2.75) is 31.7 Å². The maximum Gasteiger partial charge on any atom is 0.469 e. The Kier molecular flexibility index (Phi) is 8.34. The first kappa shape index (κ1) is 23.5. The van der Waals surface area contributed by atoms with Crippen LogP contribution in [0.25, 0.3) is 0 Å². The SMILES string of the molecule is CC(N)(CCc1ccc(C#CCCOc2cc(F)cc(F)c2)s1)COP(=O)(O)O. The van der Waals surface area contributed by atoms with Crippen LogP contribution in [0.4, 0.5) is 8.78 Å². The fraction of sp³-hybridized carbons (Fsp3) is 0.368. The summed E-state index contributed by atoms with van der Waals surface area (Å²) < 4.78 is 46.7. The van der Waals surface area contributed by atoms with Crippen LogP contribution in [0.5, 0.6) is 5.75 Å². The second kappa shape index (κ2) is 10.3. The van der Waals surface area contributed by atoms with Gasteiger partial charge in [0.05, 0.1) is 18.1 Å². The number of benzene rings is 1. The number of thiophene rings is 1. The molecule has 29 heavy (non-hydrogen) atoms. The van der Waals surface area contributed by atoms with Gasteiger partial charge < -0.3 is 20.3 Å². The minimum absolute atomic E-state index is 0.121. The van der Waals surface area contributed by atoms with E-state index >= 15 is 0 Å². The molecule has 0 saturated heterocycles. The number of halogens is 2. The molecular formula is C19H22F2NO5PS. The lowest BCUT2D eigenvalue weighted by atomic mass is 9.98. The largest absolute Gasteiger partial charge is 0.492 e. The van der Waals surface area contributed by atoms with Crippen LogP contribution in [0.1, 0.15) is 29.5 Å². The van der Waals surface area contributed by atoms with Gasteiger partial charge in [0.2, 0.25) is 0 Å². The lowest BCUT2D eigenvalue weighted by Gasteiger charge is -2.24. The Balaban J connectivity index is 1.76. The van der Waals surface area contributed by atoms with Crippen LogP contribution in [0.3, 0.4) is 0 Å². The molecule has 1 aromatic carbocycles. The second-order valence-electron chi connectivity index (χ2n) is 6.69. The summed E-state index contributed by atoms with van der Waals surface area (Å²) >= 11 is 1.49. The molecule has 1 unspecified atom stereocenters. The lowest BCUT2D eigenvalue weighted by molar-refractivity contribution is 0.154. The highest BCUT2D eigenvalue weighted by Gasteiger charge is 2.24. The smallest absolute Gasteiger partial charge is 0.469 e. The molecule has 2 rings (SSSR count). The van der Waals surface area contributed by atoms with Crippen LogP contribution in [0.15, 0.2) is 30.3 Å². The number of hydrogen-bond acceptors (Lipinski definition) is 5. The third-order valence-electron chi connectivity index (χ3n) is 3.71. The number of nitrogens with two attached hydrogens (primary N) is 1. The van der Waals surface area contributed by atoms with Crippen LogP contribution >= 0.6 is 19.2 Å². The van der Waals surface area contributed by atoms with Gasteiger partial charge >= 0.3 is 7.82 Å². The number of ether oxygens (including phenoxy) is 1. The van der Waals surface area contributed by atoms with Gasteiger partial charge in [0.15, 0.2) is 0 Å². The summed E-state index contributed by atoms with van der Waals surface area (Å²) in [6.07, 6.45) is 1.50. The molecular weight excluding hydrogens is 423 g/mol. The fourth-order valence-electron chi connectivity index (χ4n) is 2.27. The van der Waals surface area contributed by atoms with E-state index in [1.54, 1.807) is 6.92 Å². The van der Waals surface area contributed by atoms with Gasteiger partial charge in [-0.25, -0.2) is 13.3 Å². The summed E-state index contributed by atoms with van der Waals surface area (Å²) in [6, 6.07) is 6.78. The predicted octanol–water partition coefficient (Wildman–Crippen LogP) is 3.61. The third kappa shape index (κ3) is 9.50. The molecule has 158 valence electrons. The van der Waals surface area contributed by atoms with Gasteiger partial charge in [-0.1, -0.05) is 11.8 Å². The average Bonchev–Trinajstić information content (AvgIpc) is 3.05. The highest BCUT2D eigenvalue weighted by molar-refractivity contribution is 7.46. The first-order chi connectivity index (χ1) is 13.5. The zero-order chi connectivity index (χ0) is 21.5. The Hall–Kier alpha value is -1.79. The highest BCUT2D eigenvalue weighted by Crippen LogP contribution is 2.37. The monoisotopic (exact) mass is 445 g/mol. The van der Waals surface area contributed by atoms with E-state index in [9.17, 15) is 13.3 Å². The third-order valence-corrected chi connectivity index (χ3v) is 5.24. The van der Waals surface area contributed by atoms with E-state index < -0.39 is 25.0 Å². The van der Waals surface area contributed by atoms with Crippen molar-refractivity contribution in [3.8, 4) is 17.6 Å². The Morgan fingerprint density at radius 1 is 1.24 bits per heavy atom. The number of phosphoric acid groups is 1. The minimum atomic E-state index is -4.54. The van der Waals surface area contributed by atoms with Crippen molar-refractivity contribution in [3.05, 3.63) is 51.7 Å². The predicted molar refractivity (Wildman–Crippen MR) is 107 cm³/mol. The van der Waals surface area contributed by atoms with Crippen molar-refractivity contribution in [2.24, 2.45) is 5.73 Å². The number of hydrogen-bond donors (Lipinski definition) is 3. The molecule has 10 heteroatoms. The average molecular weight is 445 g/mol. The molecule has 2 aromatic rings. The maximum absolute atomic E-state index is 13.1. The van der Waals surface area contributed by atoms with Crippen molar-refractivity contribution < 1.29 is 32.4 Å². The topological polar surface area (TPSA) is 102 Å². The molecule has 1 aromatic heterocycles. The van der Waals surface area contributed by atoms with Crippen molar-refractivity contribution in [1.29, 1.82) is 0 Å². The summed E-state index contributed by atoms with van der Waals surface area (Å²) in [5, 5.41) is 0. The lowest BCUT2D eigenvalue weighted by Crippen LogP contribution is -2.41. The van der Waals surface area contributed by atoms with E-state index in [-0.39, 0.29) is 19.0 Å². The molecule has 0 aliphatic heterocycles. The Morgan fingerprint density at radius 2 is 1.93 bits per heavy atom. The normalized spacial score (nSPS) is 13.4. The van der Waals surface area contributed by atoms with Crippen LogP contribution in [-0.4, -0.2) is 28.5 Å². The Morgan fingerprint density at radius 3 is 2.59 bits per heavy atom. The molecule has 4 N–H and O–H groups in total. The Bertz CT molecular complexity index is 912. The van der Waals surface area contributed by atoms with Gasteiger partial charge in [0.25, 0.3) is 0 Å². The van der Waals surface area contributed by atoms with Gasteiger partial charge in [-0.15, -0.1) is 11.3 Å². The van der Waals surface area contributed by atoms with Crippen molar-refractivity contribution in [2.75, 3.05) is 13.2 Å². The van der Waals surface area contributed by atoms with E-state index in [1.807, 2.05) is 12.1 Å². The molecule has 6 nitrogen and oxygen atoms in total. The van der Waals surface area contributed by atoms with Gasteiger partial charge in [0.1, 0.15) is 17.4 Å². The van der Waals surface area contributed by atoms with E-state index in [1.165, 1.54) is 11.3 Å². The summed E-state index contributed by atoms with van der Waals surface area (Å²) in [4.78, 5) is 19.4. The molecule has 1 atom stereocenters. The maximum atomic E-state index is 13.1. The van der Waals surface area contributed by atoms with Crippen molar-refractivity contribution in [3.63, 3.8) is 0 Å². The van der Waals surface area contributed by atoms with Gasteiger partial charge in [-0.3, -0.25) is 4.52 Å². The number of rotatable bonds is 9. The Labute approximate surface area is 171 Å².